The number of ether oxygens (including phenoxy) is 2. The molecule has 2 rings (SSSR count). The molecule has 0 aromatic heterocycles. The van der Waals surface area contributed by atoms with Crippen molar-refractivity contribution in [1.29, 1.82) is 0 Å². The Morgan fingerprint density at radius 1 is 1.04 bits per heavy atom. The lowest BCUT2D eigenvalue weighted by Crippen LogP contribution is -2.45. The third-order valence-corrected chi connectivity index (χ3v) is 4.45. The van der Waals surface area contributed by atoms with E-state index in [1.807, 2.05) is 42.5 Å². The molecule has 0 saturated heterocycles. The topological polar surface area (TPSA) is 64.6 Å². The van der Waals surface area contributed by atoms with E-state index in [0.29, 0.717) is 6.42 Å². The highest BCUT2D eigenvalue weighted by Crippen LogP contribution is 2.17. The summed E-state index contributed by atoms with van der Waals surface area (Å²) in [4.78, 5) is 24.7. The predicted molar refractivity (Wildman–Crippen MR) is 103 cm³/mol. The van der Waals surface area contributed by atoms with Crippen LogP contribution in [0.15, 0.2) is 54.6 Å². The first-order chi connectivity index (χ1) is 12.0. The van der Waals surface area contributed by atoms with Gasteiger partial charge in [-0.3, -0.25) is 4.79 Å². The van der Waals surface area contributed by atoms with Gasteiger partial charge in [-0.15, -0.1) is 0 Å². The highest BCUT2D eigenvalue weighted by atomic mass is 127. The molecule has 0 heterocycles. The standard InChI is InChI=1S/C19H20INO4/c1-24-17(14-6-4-3-5-7-14)18(22)21-16(19(23)25-2)12-13-8-10-15(20)11-9-13/h3-11,16-17H,12H2,1-2H3,(H,21,22)/t16-,17+/m1/s1. The predicted octanol–water partition coefficient (Wildman–Crippen LogP) is 2.88. The number of hydrogen-bond acceptors (Lipinski definition) is 4. The lowest BCUT2D eigenvalue weighted by Gasteiger charge is -2.21. The van der Waals surface area contributed by atoms with Gasteiger partial charge in [-0.1, -0.05) is 42.5 Å². The first kappa shape index (κ1) is 19.4. The summed E-state index contributed by atoms with van der Waals surface area (Å²) in [6.07, 6.45) is -0.439. The minimum absolute atomic E-state index is 0.348. The lowest BCUT2D eigenvalue weighted by molar-refractivity contribution is -0.146. The Morgan fingerprint density at radius 3 is 2.24 bits per heavy atom. The summed E-state index contributed by atoms with van der Waals surface area (Å²) >= 11 is 2.21. The molecule has 1 N–H and O–H groups in total. The normalized spacial score (nSPS) is 12.9. The fourth-order valence-corrected chi connectivity index (χ4v) is 2.82. The zero-order valence-corrected chi connectivity index (χ0v) is 16.2. The number of rotatable bonds is 7. The molecule has 5 nitrogen and oxygen atoms in total. The van der Waals surface area contributed by atoms with Crippen LogP contribution in [-0.2, 0) is 25.5 Å². The molecular weight excluding hydrogens is 433 g/mol. The fraction of sp³-hybridized carbons (Fsp3) is 0.263. The molecule has 0 spiro atoms. The Hall–Kier alpha value is -1.93. The number of esters is 1. The van der Waals surface area contributed by atoms with Gasteiger partial charge >= 0.3 is 5.97 Å². The zero-order valence-electron chi connectivity index (χ0n) is 14.1. The van der Waals surface area contributed by atoms with Gasteiger partial charge in [0.05, 0.1) is 7.11 Å². The van der Waals surface area contributed by atoms with Crippen LogP contribution in [0.3, 0.4) is 0 Å². The maximum atomic E-state index is 12.6. The summed E-state index contributed by atoms with van der Waals surface area (Å²) in [7, 11) is 2.77. The SMILES string of the molecule is COC(=O)[C@@H](Cc1ccc(I)cc1)NC(=O)[C@@H](OC)c1ccccc1. The van der Waals surface area contributed by atoms with Gasteiger partial charge in [0.15, 0.2) is 6.10 Å². The van der Waals surface area contributed by atoms with Crippen molar-refractivity contribution in [3.05, 3.63) is 69.3 Å². The van der Waals surface area contributed by atoms with Crippen LogP contribution in [0.2, 0.25) is 0 Å². The summed E-state index contributed by atoms with van der Waals surface area (Å²) in [5, 5.41) is 2.74. The van der Waals surface area contributed by atoms with E-state index < -0.39 is 18.1 Å². The second kappa shape index (κ2) is 9.53. The molecule has 25 heavy (non-hydrogen) atoms. The molecular formula is C19H20INO4. The third-order valence-electron chi connectivity index (χ3n) is 3.73. The maximum Gasteiger partial charge on any atom is 0.328 e. The molecule has 0 aliphatic carbocycles. The summed E-state index contributed by atoms with van der Waals surface area (Å²) in [5.41, 5.74) is 1.66. The molecule has 6 heteroatoms. The van der Waals surface area contributed by atoms with Crippen molar-refractivity contribution in [1.82, 2.24) is 5.32 Å². The Kier molecular flexibility index (Phi) is 7.39. The lowest BCUT2D eigenvalue weighted by atomic mass is 10.0. The van der Waals surface area contributed by atoms with Gasteiger partial charge in [0.2, 0.25) is 0 Å². The quantitative estimate of drug-likeness (QED) is 0.518. The fourth-order valence-electron chi connectivity index (χ4n) is 2.46. The van der Waals surface area contributed by atoms with E-state index in [-0.39, 0.29) is 5.91 Å². The number of carbonyl (C=O) groups is 2. The summed E-state index contributed by atoms with van der Waals surface area (Å²) in [6.45, 7) is 0. The molecule has 2 aromatic rings. The minimum Gasteiger partial charge on any atom is -0.467 e. The van der Waals surface area contributed by atoms with Crippen LogP contribution in [0.25, 0.3) is 0 Å². The number of carbonyl (C=O) groups excluding carboxylic acids is 2. The average molecular weight is 453 g/mol. The minimum atomic E-state index is -0.787. The Labute approximate surface area is 160 Å². The van der Waals surface area contributed by atoms with E-state index in [1.165, 1.54) is 14.2 Å². The molecule has 0 aliphatic heterocycles. The van der Waals surface area contributed by atoms with E-state index in [9.17, 15) is 9.59 Å². The van der Waals surface area contributed by atoms with Crippen molar-refractivity contribution in [2.24, 2.45) is 0 Å². The summed E-state index contributed by atoms with van der Waals surface area (Å²) < 4.78 is 11.2. The van der Waals surface area contributed by atoms with Crippen LogP contribution >= 0.6 is 22.6 Å². The molecule has 2 atom stereocenters. The second-order valence-electron chi connectivity index (χ2n) is 5.44. The average Bonchev–Trinajstić information content (AvgIpc) is 2.64. The van der Waals surface area contributed by atoms with Crippen molar-refractivity contribution in [2.75, 3.05) is 14.2 Å². The van der Waals surface area contributed by atoms with Gasteiger partial charge in [-0.2, -0.15) is 0 Å². The van der Waals surface area contributed by atoms with Gasteiger partial charge in [-0.05, 0) is 45.9 Å². The number of methoxy groups -OCH3 is 2. The number of halogens is 1. The summed E-state index contributed by atoms with van der Waals surface area (Å²) in [6, 6.07) is 16.1. The number of amides is 1. The van der Waals surface area contributed by atoms with Crippen LogP contribution in [0.5, 0.6) is 0 Å². The first-order valence-electron chi connectivity index (χ1n) is 7.75. The Morgan fingerprint density at radius 2 is 1.68 bits per heavy atom. The maximum absolute atomic E-state index is 12.6. The van der Waals surface area contributed by atoms with Crippen LogP contribution in [0.1, 0.15) is 17.2 Å². The van der Waals surface area contributed by atoms with Gasteiger partial charge < -0.3 is 14.8 Å². The molecule has 0 aliphatic rings. The van der Waals surface area contributed by atoms with Gasteiger partial charge in [0, 0.05) is 17.1 Å². The molecule has 0 bridgehead atoms. The van der Waals surface area contributed by atoms with E-state index in [0.717, 1.165) is 14.7 Å². The van der Waals surface area contributed by atoms with E-state index >= 15 is 0 Å². The van der Waals surface area contributed by atoms with Crippen molar-refractivity contribution in [3.63, 3.8) is 0 Å². The monoisotopic (exact) mass is 453 g/mol. The smallest absolute Gasteiger partial charge is 0.328 e. The first-order valence-corrected chi connectivity index (χ1v) is 8.83. The highest BCUT2D eigenvalue weighted by molar-refractivity contribution is 14.1. The van der Waals surface area contributed by atoms with E-state index in [4.69, 9.17) is 9.47 Å². The molecule has 2 aromatic carbocycles. The van der Waals surface area contributed by atoms with Crippen LogP contribution < -0.4 is 5.32 Å². The van der Waals surface area contributed by atoms with Crippen molar-refractivity contribution in [3.8, 4) is 0 Å². The number of nitrogens with one attached hydrogen (secondary N) is 1. The third kappa shape index (κ3) is 5.54. The molecule has 1 amide bonds. The Bertz CT molecular complexity index is 703. The van der Waals surface area contributed by atoms with Crippen molar-refractivity contribution >= 4 is 34.5 Å². The van der Waals surface area contributed by atoms with Crippen LogP contribution in [0, 0.1) is 3.57 Å². The van der Waals surface area contributed by atoms with Crippen molar-refractivity contribution < 1.29 is 19.1 Å². The zero-order chi connectivity index (χ0) is 18.2. The van der Waals surface area contributed by atoms with Crippen molar-refractivity contribution in [2.45, 2.75) is 18.6 Å². The summed E-state index contributed by atoms with van der Waals surface area (Å²) in [5.74, 6) is -0.871. The molecule has 0 radical (unpaired) electrons. The van der Waals surface area contributed by atoms with Gasteiger partial charge in [0.1, 0.15) is 6.04 Å². The van der Waals surface area contributed by atoms with Crippen LogP contribution in [-0.4, -0.2) is 32.1 Å². The number of hydrogen-bond donors (Lipinski definition) is 1. The molecule has 0 saturated carbocycles. The van der Waals surface area contributed by atoms with Gasteiger partial charge in [-0.25, -0.2) is 4.79 Å². The Balaban J connectivity index is 2.13. The highest BCUT2D eigenvalue weighted by Gasteiger charge is 2.27. The van der Waals surface area contributed by atoms with E-state index in [1.54, 1.807) is 12.1 Å². The van der Waals surface area contributed by atoms with Crippen LogP contribution in [0.4, 0.5) is 0 Å². The largest absolute Gasteiger partial charge is 0.467 e. The van der Waals surface area contributed by atoms with Gasteiger partial charge in [0.25, 0.3) is 5.91 Å². The molecule has 132 valence electrons. The molecule has 0 fully saturated rings. The van der Waals surface area contributed by atoms with E-state index in [2.05, 4.69) is 27.9 Å². The number of benzene rings is 2. The molecule has 0 unspecified atom stereocenters. The second-order valence-corrected chi connectivity index (χ2v) is 6.69.